The minimum Gasteiger partial charge on any atom is -0.325 e. The van der Waals surface area contributed by atoms with Crippen LogP contribution in [0.5, 0.6) is 0 Å². The van der Waals surface area contributed by atoms with E-state index >= 15 is 0 Å². The highest BCUT2D eigenvalue weighted by atomic mass is 16.6. The number of carbonyl (C=O) groups excluding carboxylic acids is 1. The van der Waals surface area contributed by atoms with Crippen LogP contribution in [0.25, 0.3) is 0 Å². The Hall–Kier alpha value is -4.59. The molecule has 0 bridgehead atoms. The SMILES string of the molecule is O=C1Nc2ccc([N+](=O)[O-])cc2C1C(=Nc1ccc(Cn2cccn2)cc1)c1ccccc1. The monoisotopic (exact) mass is 437 g/mol. The zero-order valence-corrected chi connectivity index (χ0v) is 17.5. The molecule has 162 valence electrons. The number of carbonyl (C=O) groups is 1. The van der Waals surface area contributed by atoms with Crippen LogP contribution in [0.4, 0.5) is 17.1 Å². The smallest absolute Gasteiger partial charge is 0.269 e. The lowest BCUT2D eigenvalue weighted by atomic mass is 9.90. The molecule has 8 heteroatoms. The number of aliphatic imine (C=N–C) groups is 1. The number of nitro benzene ring substituents is 1. The Morgan fingerprint density at radius 1 is 1.06 bits per heavy atom. The van der Waals surface area contributed by atoms with Crippen LogP contribution in [-0.2, 0) is 11.3 Å². The average Bonchev–Trinajstić information content (AvgIpc) is 3.45. The van der Waals surface area contributed by atoms with Crippen molar-refractivity contribution < 1.29 is 9.72 Å². The zero-order chi connectivity index (χ0) is 22.8. The van der Waals surface area contributed by atoms with Crippen molar-refractivity contribution in [3.05, 3.63) is 118 Å². The van der Waals surface area contributed by atoms with E-state index in [9.17, 15) is 14.9 Å². The fourth-order valence-corrected chi connectivity index (χ4v) is 3.93. The minimum absolute atomic E-state index is 0.0642. The highest BCUT2D eigenvalue weighted by Gasteiger charge is 2.36. The number of amides is 1. The Labute approximate surface area is 189 Å². The van der Waals surface area contributed by atoms with Crippen LogP contribution in [0.3, 0.4) is 0 Å². The van der Waals surface area contributed by atoms with Crippen molar-refractivity contribution >= 4 is 28.7 Å². The molecule has 4 aromatic rings. The van der Waals surface area contributed by atoms with Crippen molar-refractivity contribution in [1.29, 1.82) is 0 Å². The van der Waals surface area contributed by atoms with Crippen LogP contribution >= 0.6 is 0 Å². The molecule has 1 atom stereocenters. The Morgan fingerprint density at radius 2 is 1.85 bits per heavy atom. The number of hydrogen-bond acceptors (Lipinski definition) is 5. The van der Waals surface area contributed by atoms with Gasteiger partial charge in [-0.2, -0.15) is 5.10 Å². The number of anilines is 1. The van der Waals surface area contributed by atoms with E-state index in [1.165, 1.54) is 12.1 Å². The molecule has 1 amide bonds. The van der Waals surface area contributed by atoms with Gasteiger partial charge in [0.1, 0.15) is 5.92 Å². The predicted molar refractivity (Wildman–Crippen MR) is 125 cm³/mol. The van der Waals surface area contributed by atoms with Crippen molar-refractivity contribution in [3.63, 3.8) is 0 Å². The summed E-state index contributed by atoms with van der Waals surface area (Å²) in [7, 11) is 0. The summed E-state index contributed by atoms with van der Waals surface area (Å²) in [6.07, 6.45) is 3.63. The van der Waals surface area contributed by atoms with Crippen molar-refractivity contribution in [3.8, 4) is 0 Å². The first-order valence-corrected chi connectivity index (χ1v) is 10.4. The van der Waals surface area contributed by atoms with Gasteiger partial charge in [0.25, 0.3) is 5.69 Å². The third-order valence-corrected chi connectivity index (χ3v) is 5.51. The fraction of sp³-hybridized carbons (Fsp3) is 0.0800. The van der Waals surface area contributed by atoms with Gasteiger partial charge in [0.05, 0.1) is 22.9 Å². The highest BCUT2D eigenvalue weighted by molar-refractivity contribution is 6.24. The molecular weight excluding hydrogens is 418 g/mol. The molecule has 8 nitrogen and oxygen atoms in total. The number of non-ortho nitro benzene ring substituents is 1. The lowest BCUT2D eigenvalue weighted by Crippen LogP contribution is -2.22. The van der Waals surface area contributed by atoms with Crippen molar-refractivity contribution in [2.75, 3.05) is 5.32 Å². The molecule has 0 radical (unpaired) electrons. The lowest BCUT2D eigenvalue weighted by Gasteiger charge is -2.14. The van der Waals surface area contributed by atoms with Gasteiger partial charge >= 0.3 is 0 Å². The Kier molecular flexibility index (Phi) is 5.24. The summed E-state index contributed by atoms with van der Waals surface area (Å²) in [6, 6.07) is 23.4. The van der Waals surface area contributed by atoms with Crippen LogP contribution in [0, 0.1) is 10.1 Å². The number of nitro groups is 1. The quantitative estimate of drug-likeness (QED) is 0.268. The van der Waals surface area contributed by atoms with Gasteiger partial charge in [0, 0.05) is 35.8 Å². The fourth-order valence-electron chi connectivity index (χ4n) is 3.93. The van der Waals surface area contributed by atoms with Crippen LogP contribution in [0.1, 0.15) is 22.6 Å². The number of fused-ring (bicyclic) bond motifs is 1. The molecule has 0 saturated heterocycles. The largest absolute Gasteiger partial charge is 0.325 e. The number of nitrogens with one attached hydrogen (secondary N) is 1. The molecule has 0 saturated carbocycles. The van der Waals surface area contributed by atoms with Gasteiger partial charge in [-0.3, -0.25) is 24.6 Å². The number of aromatic nitrogens is 2. The van der Waals surface area contributed by atoms with E-state index in [1.807, 2.05) is 71.5 Å². The predicted octanol–water partition coefficient (Wildman–Crippen LogP) is 4.70. The Bertz CT molecular complexity index is 1350. The van der Waals surface area contributed by atoms with E-state index in [4.69, 9.17) is 4.99 Å². The lowest BCUT2D eigenvalue weighted by molar-refractivity contribution is -0.384. The van der Waals surface area contributed by atoms with E-state index in [-0.39, 0.29) is 11.6 Å². The molecule has 0 spiro atoms. The van der Waals surface area contributed by atoms with Crippen molar-refractivity contribution in [2.45, 2.75) is 12.5 Å². The van der Waals surface area contributed by atoms with E-state index in [2.05, 4.69) is 10.4 Å². The third kappa shape index (κ3) is 4.14. The van der Waals surface area contributed by atoms with E-state index in [0.29, 0.717) is 29.2 Å². The summed E-state index contributed by atoms with van der Waals surface area (Å²) < 4.78 is 1.83. The number of rotatable bonds is 6. The Morgan fingerprint density at radius 3 is 2.55 bits per heavy atom. The van der Waals surface area contributed by atoms with Crippen LogP contribution in [-0.4, -0.2) is 26.3 Å². The average molecular weight is 437 g/mol. The number of hydrogen-bond donors (Lipinski definition) is 1. The van der Waals surface area contributed by atoms with Gasteiger partial charge in [-0.1, -0.05) is 42.5 Å². The van der Waals surface area contributed by atoms with Gasteiger partial charge in [-0.05, 0) is 35.4 Å². The van der Waals surface area contributed by atoms with Crippen molar-refractivity contribution in [1.82, 2.24) is 9.78 Å². The van der Waals surface area contributed by atoms with Crippen molar-refractivity contribution in [2.24, 2.45) is 4.99 Å². The molecule has 1 unspecified atom stereocenters. The molecule has 0 aliphatic carbocycles. The maximum atomic E-state index is 13.0. The second-order valence-corrected chi connectivity index (χ2v) is 7.68. The Balaban J connectivity index is 1.55. The molecule has 1 aliphatic rings. The molecule has 3 aromatic carbocycles. The summed E-state index contributed by atoms with van der Waals surface area (Å²) in [5.41, 5.74) is 4.11. The third-order valence-electron chi connectivity index (χ3n) is 5.51. The van der Waals surface area contributed by atoms with Crippen LogP contribution in [0.15, 0.2) is 96.2 Å². The summed E-state index contributed by atoms with van der Waals surface area (Å²) in [4.78, 5) is 28.7. The topological polar surface area (TPSA) is 102 Å². The van der Waals surface area contributed by atoms with Gasteiger partial charge in [0.15, 0.2) is 0 Å². The summed E-state index contributed by atoms with van der Waals surface area (Å²) in [6.45, 7) is 0.643. The number of benzene rings is 3. The molecule has 33 heavy (non-hydrogen) atoms. The standard InChI is InChI=1S/C25H19N5O3/c31-25-23(21-15-20(30(32)33)11-12-22(21)28-25)24(18-5-2-1-3-6-18)27-19-9-7-17(8-10-19)16-29-14-4-13-26-29/h1-15,23H,16H2,(H,28,31). The number of nitrogens with zero attached hydrogens (tertiary/aromatic N) is 4. The van der Waals surface area contributed by atoms with Gasteiger partial charge in [-0.15, -0.1) is 0 Å². The van der Waals surface area contributed by atoms with Gasteiger partial charge < -0.3 is 5.32 Å². The summed E-state index contributed by atoms with van der Waals surface area (Å²) in [5, 5.41) is 18.4. The normalized spacial score (nSPS) is 15.2. The molecule has 5 rings (SSSR count). The van der Waals surface area contributed by atoms with E-state index < -0.39 is 10.8 Å². The van der Waals surface area contributed by atoms with E-state index in [0.717, 1.165) is 11.1 Å². The second-order valence-electron chi connectivity index (χ2n) is 7.68. The summed E-state index contributed by atoms with van der Waals surface area (Å²) in [5.74, 6) is -1.02. The highest BCUT2D eigenvalue weighted by Crippen LogP contribution is 2.38. The zero-order valence-electron chi connectivity index (χ0n) is 17.5. The molecule has 1 aliphatic heterocycles. The van der Waals surface area contributed by atoms with Crippen LogP contribution < -0.4 is 5.32 Å². The maximum Gasteiger partial charge on any atom is 0.269 e. The van der Waals surface area contributed by atoms with Gasteiger partial charge in [-0.25, -0.2) is 0 Å². The molecular formula is C25H19N5O3. The minimum atomic E-state index is -0.758. The van der Waals surface area contributed by atoms with E-state index in [1.54, 1.807) is 12.3 Å². The van der Waals surface area contributed by atoms with Crippen LogP contribution in [0.2, 0.25) is 0 Å². The summed E-state index contributed by atoms with van der Waals surface area (Å²) >= 11 is 0. The molecule has 0 fully saturated rings. The van der Waals surface area contributed by atoms with Gasteiger partial charge in [0.2, 0.25) is 5.91 Å². The molecule has 1 aromatic heterocycles. The molecule has 2 heterocycles. The first kappa shape index (κ1) is 20.3. The first-order chi connectivity index (χ1) is 16.1. The second kappa shape index (κ2) is 8.51. The first-order valence-electron chi connectivity index (χ1n) is 10.4. The maximum absolute atomic E-state index is 13.0. The molecule has 1 N–H and O–H groups in total.